The number of aliphatic hydroxyl groups is 1. The van der Waals surface area contributed by atoms with Crippen LogP contribution >= 0.6 is 0 Å². The van der Waals surface area contributed by atoms with E-state index in [1.54, 1.807) is 7.11 Å². The minimum absolute atomic E-state index is 0.119. The molecule has 0 amide bonds. The SMILES string of the molecule is COCC(O)Cc1nc(C2(C)CC2)no1. The lowest BCUT2D eigenvalue weighted by atomic mass is 10.1. The minimum Gasteiger partial charge on any atom is -0.390 e. The standard InChI is InChI=1S/C10H16N2O3/c1-10(3-4-10)9-11-8(15-12-9)5-7(13)6-14-2/h7,13H,3-6H2,1-2H3. The summed E-state index contributed by atoms with van der Waals surface area (Å²) in [6.45, 7) is 2.40. The molecule has 0 saturated heterocycles. The molecule has 1 aromatic heterocycles. The number of nitrogens with zero attached hydrogens (tertiary/aromatic N) is 2. The first-order chi connectivity index (χ1) is 7.14. The fourth-order valence-corrected chi connectivity index (χ4v) is 1.45. The monoisotopic (exact) mass is 212 g/mol. The summed E-state index contributed by atoms with van der Waals surface area (Å²) < 4.78 is 9.89. The molecule has 5 heteroatoms. The summed E-state index contributed by atoms with van der Waals surface area (Å²) in [5, 5.41) is 13.4. The van der Waals surface area contributed by atoms with Crippen molar-refractivity contribution in [2.75, 3.05) is 13.7 Å². The minimum atomic E-state index is -0.574. The highest BCUT2D eigenvalue weighted by atomic mass is 16.5. The van der Waals surface area contributed by atoms with Crippen molar-refractivity contribution in [3.63, 3.8) is 0 Å². The topological polar surface area (TPSA) is 68.4 Å². The van der Waals surface area contributed by atoms with E-state index in [-0.39, 0.29) is 12.0 Å². The molecule has 1 heterocycles. The molecule has 84 valence electrons. The highest BCUT2D eigenvalue weighted by Gasteiger charge is 2.43. The van der Waals surface area contributed by atoms with Gasteiger partial charge in [0.25, 0.3) is 0 Å². The van der Waals surface area contributed by atoms with E-state index >= 15 is 0 Å². The summed E-state index contributed by atoms with van der Waals surface area (Å²) in [5.41, 5.74) is 0.119. The molecule has 1 aromatic rings. The Labute approximate surface area is 88.4 Å². The smallest absolute Gasteiger partial charge is 0.229 e. The number of aromatic nitrogens is 2. The van der Waals surface area contributed by atoms with Gasteiger partial charge in [-0.25, -0.2) is 0 Å². The Kier molecular flexibility index (Phi) is 2.75. The molecule has 0 aromatic carbocycles. The van der Waals surface area contributed by atoms with Gasteiger partial charge in [0.2, 0.25) is 5.89 Å². The molecule has 1 fully saturated rings. The maximum absolute atomic E-state index is 9.48. The average molecular weight is 212 g/mol. The normalized spacial score (nSPS) is 20.2. The average Bonchev–Trinajstić information content (AvgIpc) is 2.77. The van der Waals surface area contributed by atoms with Gasteiger partial charge in [-0.3, -0.25) is 0 Å². The fourth-order valence-electron chi connectivity index (χ4n) is 1.45. The van der Waals surface area contributed by atoms with Crippen molar-refractivity contribution in [3.8, 4) is 0 Å². The van der Waals surface area contributed by atoms with E-state index in [1.165, 1.54) is 0 Å². The van der Waals surface area contributed by atoms with Gasteiger partial charge >= 0.3 is 0 Å². The van der Waals surface area contributed by atoms with Crippen LogP contribution in [0.1, 0.15) is 31.5 Å². The Bertz CT molecular complexity index is 333. The van der Waals surface area contributed by atoms with Crippen molar-refractivity contribution < 1.29 is 14.4 Å². The molecule has 2 rings (SSSR count). The summed E-state index contributed by atoms with van der Waals surface area (Å²) in [7, 11) is 1.55. The number of aliphatic hydroxyl groups excluding tert-OH is 1. The van der Waals surface area contributed by atoms with E-state index in [4.69, 9.17) is 9.26 Å². The van der Waals surface area contributed by atoms with Crippen LogP contribution in [0.3, 0.4) is 0 Å². The number of rotatable bonds is 5. The van der Waals surface area contributed by atoms with E-state index in [1.807, 2.05) is 0 Å². The van der Waals surface area contributed by atoms with Gasteiger partial charge in [-0.1, -0.05) is 12.1 Å². The van der Waals surface area contributed by atoms with Crippen LogP contribution in [0.2, 0.25) is 0 Å². The number of ether oxygens (including phenoxy) is 1. The third-order valence-corrected chi connectivity index (χ3v) is 2.78. The predicted molar refractivity (Wildman–Crippen MR) is 52.5 cm³/mol. The zero-order valence-corrected chi connectivity index (χ0v) is 9.06. The van der Waals surface area contributed by atoms with Crippen LogP contribution in [0, 0.1) is 0 Å². The molecule has 1 atom stereocenters. The van der Waals surface area contributed by atoms with E-state index in [0.717, 1.165) is 18.7 Å². The first kappa shape index (κ1) is 10.6. The molecule has 5 nitrogen and oxygen atoms in total. The maximum Gasteiger partial charge on any atom is 0.229 e. The van der Waals surface area contributed by atoms with Crippen molar-refractivity contribution in [3.05, 3.63) is 11.7 Å². The fraction of sp³-hybridized carbons (Fsp3) is 0.800. The molecule has 0 bridgehead atoms. The van der Waals surface area contributed by atoms with E-state index in [2.05, 4.69) is 17.1 Å². The Balaban J connectivity index is 1.95. The van der Waals surface area contributed by atoms with Crippen molar-refractivity contribution in [1.29, 1.82) is 0 Å². The van der Waals surface area contributed by atoms with E-state index in [9.17, 15) is 5.11 Å². The molecule has 1 unspecified atom stereocenters. The first-order valence-electron chi connectivity index (χ1n) is 5.14. The molecule has 1 N–H and O–H groups in total. The Morgan fingerprint density at radius 1 is 1.60 bits per heavy atom. The molecule has 1 saturated carbocycles. The molecular weight excluding hydrogens is 196 g/mol. The lowest BCUT2D eigenvalue weighted by molar-refractivity contribution is 0.0599. The van der Waals surface area contributed by atoms with E-state index < -0.39 is 6.10 Å². The quantitative estimate of drug-likeness (QED) is 0.777. The zero-order chi connectivity index (χ0) is 10.9. The molecule has 1 aliphatic rings. The van der Waals surface area contributed by atoms with Crippen molar-refractivity contribution in [2.24, 2.45) is 0 Å². The number of hydrogen-bond acceptors (Lipinski definition) is 5. The summed E-state index contributed by atoms with van der Waals surface area (Å²) >= 11 is 0. The van der Waals surface area contributed by atoms with Crippen molar-refractivity contribution in [2.45, 2.75) is 37.7 Å². The zero-order valence-electron chi connectivity index (χ0n) is 9.06. The molecule has 0 aliphatic heterocycles. The Morgan fingerprint density at radius 2 is 2.33 bits per heavy atom. The van der Waals surface area contributed by atoms with Gasteiger partial charge in [-0.15, -0.1) is 0 Å². The van der Waals surface area contributed by atoms with Gasteiger partial charge in [0.15, 0.2) is 5.82 Å². The molecular formula is C10H16N2O3. The van der Waals surface area contributed by atoms with Crippen molar-refractivity contribution >= 4 is 0 Å². The third kappa shape index (κ3) is 2.35. The van der Waals surface area contributed by atoms with Gasteiger partial charge in [0.05, 0.1) is 19.1 Å². The van der Waals surface area contributed by atoms with Crippen molar-refractivity contribution in [1.82, 2.24) is 10.1 Å². The second-order valence-corrected chi connectivity index (χ2v) is 4.39. The largest absolute Gasteiger partial charge is 0.390 e. The maximum atomic E-state index is 9.48. The van der Waals surface area contributed by atoms with Gasteiger partial charge in [-0.05, 0) is 12.8 Å². The van der Waals surface area contributed by atoms with Crippen LogP contribution in [0.5, 0.6) is 0 Å². The molecule has 0 radical (unpaired) electrons. The lowest BCUT2D eigenvalue weighted by Crippen LogP contribution is -2.17. The summed E-state index contributed by atoms with van der Waals surface area (Å²) in [6, 6.07) is 0. The van der Waals surface area contributed by atoms with Gasteiger partial charge in [0, 0.05) is 12.5 Å². The van der Waals surface area contributed by atoms with E-state index in [0.29, 0.717) is 12.3 Å². The number of hydrogen-bond donors (Lipinski definition) is 1. The summed E-state index contributed by atoms with van der Waals surface area (Å²) in [4.78, 5) is 4.27. The van der Waals surface area contributed by atoms with Gasteiger partial charge in [0.1, 0.15) is 0 Å². The van der Waals surface area contributed by atoms with Crippen LogP contribution < -0.4 is 0 Å². The lowest BCUT2D eigenvalue weighted by Gasteiger charge is -2.04. The van der Waals surface area contributed by atoms with Gasteiger partial charge in [-0.2, -0.15) is 4.98 Å². The highest BCUT2D eigenvalue weighted by Crippen LogP contribution is 2.45. The first-order valence-corrected chi connectivity index (χ1v) is 5.14. The van der Waals surface area contributed by atoms with Gasteiger partial charge < -0.3 is 14.4 Å². The van der Waals surface area contributed by atoms with Crippen LogP contribution in [-0.4, -0.2) is 35.1 Å². The summed E-state index contributed by atoms with van der Waals surface area (Å²) in [5.74, 6) is 1.25. The Hall–Kier alpha value is -0.940. The third-order valence-electron chi connectivity index (χ3n) is 2.78. The van der Waals surface area contributed by atoms with Crippen LogP contribution in [0.15, 0.2) is 4.52 Å². The summed E-state index contributed by atoms with van der Waals surface area (Å²) in [6.07, 6.45) is 2.02. The Morgan fingerprint density at radius 3 is 2.93 bits per heavy atom. The van der Waals surface area contributed by atoms with Crippen LogP contribution in [-0.2, 0) is 16.6 Å². The molecule has 1 aliphatic carbocycles. The highest BCUT2D eigenvalue weighted by molar-refractivity contribution is 5.14. The predicted octanol–water partition coefficient (Wildman–Crippen LogP) is 0.671. The second-order valence-electron chi connectivity index (χ2n) is 4.39. The molecule has 0 spiro atoms. The second kappa shape index (κ2) is 3.90. The van der Waals surface area contributed by atoms with Crippen LogP contribution in [0.4, 0.5) is 0 Å². The molecule has 15 heavy (non-hydrogen) atoms. The van der Waals surface area contributed by atoms with Crippen LogP contribution in [0.25, 0.3) is 0 Å². The number of methoxy groups -OCH3 is 1.